The number of carbonyl (C=O) groups is 2. The number of rotatable bonds is 6. The number of anilines is 1. The monoisotopic (exact) mass is 382 g/mol. The van der Waals surface area contributed by atoms with Crippen LogP contribution in [0.15, 0.2) is 24.3 Å². The molecule has 0 atom stereocenters. The van der Waals surface area contributed by atoms with Gasteiger partial charge in [-0.3, -0.25) is 9.10 Å². The fourth-order valence-electron chi connectivity index (χ4n) is 3.07. The highest BCUT2D eigenvalue weighted by Crippen LogP contribution is 2.20. The molecule has 0 saturated carbocycles. The average molecular weight is 382 g/mol. The number of nitrogens with zero attached hydrogens (tertiary/aromatic N) is 2. The molecular formula is C18H26N2O5S. The lowest BCUT2D eigenvalue weighted by Gasteiger charge is -2.25. The number of ether oxygens (including phenoxy) is 1. The van der Waals surface area contributed by atoms with Gasteiger partial charge in [0.1, 0.15) is 0 Å². The molecule has 1 aliphatic rings. The number of sulfonamides is 1. The first-order valence-electron chi connectivity index (χ1n) is 8.77. The van der Waals surface area contributed by atoms with E-state index in [0.717, 1.165) is 49.3 Å². The molecule has 0 bridgehead atoms. The molecule has 0 unspecified atom stereocenters. The van der Waals surface area contributed by atoms with Crippen molar-refractivity contribution in [3.63, 3.8) is 0 Å². The van der Waals surface area contributed by atoms with E-state index in [1.807, 2.05) is 4.90 Å². The van der Waals surface area contributed by atoms with Gasteiger partial charge in [0.05, 0.1) is 24.6 Å². The number of esters is 1. The Morgan fingerprint density at radius 2 is 1.81 bits per heavy atom. The van der Waals surface area contributed by atoms with Crippen molar-refractivity contribution in [2.75, 3.05) is 37.3 Å². The first kappa shape index (κ1) is 20.2. The molecule has 1 amide bonds. The van der Waals surface area contributed by atoms with E-state index in [0.29, 0.717) is 5.69 Å². The minimum atomic E-state index is -3.59. The number of amides is 1. The lowest BCUT2D eigenvalue weighted by atomic mass is 10.2. The summed E-state index contributed by atoms with van der Waals surface area (Å²) < 4.78 is 30.3. The zero-order valence-electron chi connectivity index (χ0n) is 15.3. The predicted molar refractivity (Wildman–Crippen MR) is 99.6 cm³/mol. The van der Waals surface area contributed by atoms with E-state index in [9.17, 15) is 18.0 Å². The van der Waals surface area contributed by atoms with E-state index in [2.05, 4.69) is 4.74 Å². The third-order valence-corrected chi connectivity index (χ3v) is 5.64. The summed E-state index contributed by atoms with van der Waals surface area (Å²) in [6.45, 7) is 1.50. The molecule has 1 aromatic carbocycles. The molecule has 1 aromatic rings. The Labute approximate surface area is 155 Å². The molecule has 0 aromatic heterocycles. The third-order valence-electron chi connectivity index (χ3n) is 4.44. The Kier molecular flexibility index (Phi) is 7.02. The average Bonchev–Trinajstić information content (AvgIpc) is 2.89. The van der Waals surface area contributed by atoms with Crippen molar-refractivity contribution in [1.29, 1.82) is 0 Å². The summed E-state index contributed by atoms with van der Waals surface area (Å²) in [5.41, 5.74) is 0.608. The summed E-state index contributed by atoms with van der Waals surface area (Å²) in [6, 6.07) is 6.21. The Hall–Kier alpha value is -2.09. The van der Waals surface area contributed by atoms with Crippen LogP contribution in [0.3, 0.4) is 0 Å². The maximum Gasteiger partial charge on any atom is 0.337 e. The van der Waals surface area contributed by atoms with Gasteiger partial charge < -0.3 is 9.64 Å². The summed E-state index contributed by atoms with van der Waals surface area (Å²) in [5.74, 6) is -0.578. The zero-order valence-corrected chi connectivity index (χ0v) is 16.1. The van der Waals surface area contributed by atoms with Crippen LogP contribution in [-0.2, 0) is 19.6 Å². The van der Waals surface area contributed by atoms with Crippen molar-refractivity contribution in [3.05, 3.63) is 29.8 Å². The van der Waals surface area contributed by atoms with Gasteiger partial charge in [-0.1, -0.05) is 18.9 Å². The summed E-state index contributed by atoms with van der Waals surface area (Å²) in [4.78, 5) is 26.0. The molecule has 7 nitrogen and oxygen atoms in total. The number of hydrogen-bond donors (Lipinski definition) is 0. The van der Waals surface area contributed by atoms with Crippen molar-refractivity contribution in [1.82, 2.24) is 4.90 Å². The third kappa shape index (κ3) is 5.45. The summed E-state index contributed by atoms with van der Waals surface area (Å²) in [5, 5.41) is 0. The fraction of sp³-hybridized carbons (Fsp3) is 0.556. The van der Waals surface area contributed by atoms with Gasteiger partial charge in [-0.15, -0.1) is 0 Å². The van der Waals surface area contributed by atoms with Crippen LogP contribution in [0.2, 0.25) is 0 Å². The van der Waals surface area contributed by atoms with E-state index in [4.69, 9.17) is 0 Å². The normalized spacial score (nSPS) is 15.2. The first-order chi connectivity index (χ1) is 12.3. The van der Waals surface area contributed by atoms with Crippen LogP contribution in [0.1, 0.15) is 42.5 Å². The second-order valence-corrected chi connectivity index (χ2v) is 8.33. The fourth-order valence-corrected chi connectivity index (χ4v) is 3.99. The summed E-state index contributed by atoms with van der Waals surface area (Å²) >= 11 is 0. The van der Waals surface area contributed by atoms with Gasteiger partial charge in [0.2, 0.25) is 15.9 Å². The Morgan fingerprint density at radius 1 is 1.15 bits per heavy atom. The Balaban J connectivity index is 2.13. The highest BCUT2D eigenvalue weighted by atomic mass is 32.2. The first-order valence-corrected chi connectivity index (χ1v) is 10.6. The lowest BCUT2D eigenvalue weighted by molar-refractivity contribution is -0.130. The van der Waals surface area contributed by atoms with Gasteiger partial charge in [0.25, 0.3) is 0 Å². The van der Waals surface area contributed by atoms with Crippen LogP contribution in [-0.4, -0.2) is 58.2 Å². The molecule has 8 heteroatoms. The van der Waals surface area contributed by atoms with E-state index >= 15 is 0 Å². The van der Waals surface area contributed by atoms with Crippen molar-refractivity contribution >= 4 is 27.6 Å². The number of methoxy groups -OCH3 is 1. The van der Waals surface area contributed by atoms with Gasteiger partial charge in [0.15, 0.2) is 0 Å². The molecule has 1 heterocycles. The molecule has 1 fully saturated rings. The van der Waals surface area contributed by atoms with Gasteiger partial charge >= 0.3 is 5.97 Å². The predicted octanol–water partition coefficient (Wildman–Crippen LogP) is 2.03. The summed E-state index contributed by atoms with van der Waals surface area (Å²) in [7, 11) is -2.32. The van der Waals surface area contributed by atoms with Gasteiger partial charge in [-0.05, 0) is 31.0 Å². The van der Waals surface area contributed by atoms with Crippen molar-refractivity contribution in [2.24, 2.45) is 0 Å². The van der Waals surface area contributed by atoms with Crippen LogP contribution in [0, 0.1) is 0 Å². The highest BCUT2D eigenvalue weighted by Gasteiger charge is 2.22. The number of benzene rings is 1. The lowest BCUT2D eigenvalue weighted by Crippen LogP contribution is -2.37. The second kappa shape index (κ2) is 9.02. The largest absolute Gasteiger partial charge is 0.465 e. The van der Waals surface area contributed by atoms with Crippen molar-refractivity contribution in [3.8, 4) is 0 Å². The van der Waals surface area contributed by atoms with Crippen LogP contribution in [0.25, 0.3) is 0 Å². The molecule has 0 aliphatic carbocycles. The van der Waals surface area contributed by atoms with Gasteiger partial charge in [0, 0.05) is 26.1 Å². The highest BCUT2D eigenvalue weighted by molar-refractivity contribution is 7.92. The SMILES string of the molecule is COC(=O)c1cccc(N(CCC(=O)N2CCCCCC2)S(C)(=O)=O)c1. The van der Waals surface area contributed by atoms with E-state index in [-0.39, 0.29) is 24.4 Å². The van der Waals surface area contributed by atoms with Crippen LogP contribution >= 0.6 is 0 Å². The Bertz CT molecular complexity index is 740. The standard InChI is InChI=1S/C18H26N2O5S/c1-25-18(22)15-8-7-9-16(14-15)20(26(2,23)24)13-10-17(21)19-11-5-3-4-6-12-19/h7-9,14H,3-6,10-13H2,1-2H3. The molecule has 1 saturated heterocycles. The molecule has 0 N–H and O–H groups in total. The molecule has 0 spiro atoms. The van der Waals surface area contributed by atoms with E-state index in [1.54, 1.807) is 18.2 Å². The van der Waals surface area contributed by atoms with Gasteiger partial charge in [-0.2, -0.15) is 0 Å². The van der Waals surface area contributed by atoms with Crippen molar-refractivity contribution in [2.45, 2.75) is 32.1 Å². The molecular weight excluding hydrogens is 356 g/mol. The Morgan fingerprint density at radius 3 is 2.38 bits per heavy atom. The molecule has 1 aliphatic heterocycles. The van der Waals surface area contributed by atoms with E-state index < -0.39 is 16.0 Å². The van der Waals surface area contributed by atoms with Crippen molar-refractivity contribution < 1.29 is 22.7 Å². The number of carbonyl (C=O) groups excluding carboxylic acids is 2. The number of hydrogen-bond acceptors (Lipinski definition) is 5. The second-order valence-electron chi connectivity index (χ2n) is 6.42. The van der Waals surface area contributed by atoms with Gasteiger partial charge in [-0.25, -0.2) is 13.2 Å². The minimum Gasteiger partial charge on any atom is -0.465 e. The molecule has 0 radical (unpaired) electrons. The molecule has 2 rings (SSSR count). The van der Waals surface area contributed by atoms with Crippen LogP contribution < -0.4 is 4.31 Å². The smallest absolute Gasteiger partial charge is 0.337 e. The molecule has 144 valence electrons. The summed E-state index contributed by atoms with van der Waals surface area (Å²) in [6.07, 6.45) is 5.42. The van der Waals surface area contributed by atoms with Crippen LogP contribution in [0.5, 0.6) is 0 Å². The quantitative estimate of drug-likeness (QED) is 0.703. The van der Waals surface area contributed by atoms with E-state index in [1.165, 1.54) is 13.2 Å². The maximum atomic E-state index is 12.5. The minimum absolute atomic E-state index is 0.0373. The topological polar surface area (TPSA) is 84.0 Å². The zero-order chi connectivity index (χ0) is 19.2. The molecule has 26 heavy (non-hydrogen) atoms. The maximum absolute atomic E-state index is 12.5. The van der Waals surface area contributed by atoms with Crippen LogP contribution in [0.4, 0.5) is 5.69 Å². The number of likely N-dealkylation sites (tertiary alicyclic amines) is 1.